The number of hydrogen-bond acceptors (Lipinski definition) is 6. The molecule has 0 aromatic carbocycles. The fourth-order valence-electron chi connectivity index (χ4n) is 2.04. The van der Waals surface area contributed by atoms with E-state index in [9.17, 15) is 19.2 Å². The van der Waals surface area contributed by atoms with Crippen molar-refractivity contribution in [2.24, 2.45) is 10.8 Å². The van der Waals surface area contributed by atoms with Gasteiger partial charge in [-0.3, -0.25) is 25.0 Å². The smallest absolute Gasteiger partial charge is 0.238 e. The van der Waals surface area contributed by atoms with E-state index in [4.69, 9.17) is 10.5 Å². The highest BCUT2D eigenvalue weighted by Gasteiger charge is 2.28. The summed E-state index contributed by atoms with van der Waals surface area (Å²) in [4.78, 5) is 44.0. The summed E-state index contributed by atoms with van der Waals surface area (Å²) >= 11 is 0. The number of carbonyl (C=O) groups is 4. The Labute approximate surface area is 167 Å². The molecule has 0 spiro atoms. The maximum absolute atomic E-state index is 11.4. The molecule has 0 atom stereocenters. The summed E-state index contributed by atoms with van der Waals surface area (Å²) in [6.45, 7) is 8.92. The predicted molar refractivity (Wildman–Crippen MR) is 104 cm³/mol. The Morgan fingerprint density at radius 1 is 0.893 bits per heavy atom. The van der Waals surface area contributed by atoms with Gasteiger partial charge in [-0.2, -0.15) is 10.5 Å². The monoisotopic (exact) mass is 392 g/mol. The van der Waals surface area contributed by atoms with Crippen molar-refractivity contribution < 1.29 is 19.2 Å². The largest absolute Gasteiger partial charge is 0.303 e. The Kier molecular flexibility index (Phi) is 14.1. The van der Waals surface area contributed by atoms with Crippen LogP contribution in [-0.2, 0) is 19.2 Å². The second-order valence-corrected chi connectivity index (χ2v) is 7.75. The van der Waals surface area contributed by atoms with Crippen molar-refractivity contribution in [2.45, 2.75) is 79.6 Å². The number of aldehydes is 1. The number of nitrogens with one attached hydrogen (secondary N) is 2. The lowest BCUT2D eigenvalue weighted by Crippen LogP contribution is -2.34. The average molecular weight is 393 g/mol. The van der Waals surface area contributed by atoms with Gasteiger partial charge in [-0.25, -0.2) is 0 Å². The third kappa shape index (κ3) is 12.6. The summed E-state index contributed by atoms with van der Waals surface area (Å²) in [5.41, 5.74) is -1.30. The number of hydrogen-bond donors (Lipinski definition) is 2. The van der Waals surface area contributed by atoms with Gasteiger partial charge in [0, 0.05) is 30.1 Å². The van der Waals surface area contributed by atoms with Gasteiger partial charge in [0.1, 0.15) is 12.1 Å². The van der Waals surface area contributed by atoms with Crippen molar-refractivity contribution in [3.8, 4) is 12.4 Å². The van der Waals surface area contributed by atoms with E-state index in [1.54, 1.807) is 40.1 Å². The number of ketones is 1. The molecule has 0 aliphatic rings. The molecule has 0 heterocycles. The molecule has 2 amide bonds. The summed E-state index contributed by atoms with van der Waals surface area (Å²) in [5.74, 6) is -0.468. The summed E-state index contributed by atoms with van der Waals surface area (Å²) in [5, 5.41) is 20.7. The summed E-state index contributed by atoms with van der Waals surface area (Å²) in [7, 11) is 0. The highest BCUT2D eigenvalue weighted by atomic mass is 16.2. The Morgan fingerprint density at radius 2 is 1.36 bits per heavy atom. The van der Waals surface area contributed by atoms with Crippen LogP contribution in [0.3, 0.4) is 0 Å². The minimum Gasteiger partial charge on any atom is -0.303 e. The van der Waals surface area contributed by atoms with Crippen LogP contribution in [0.4, 0.5) is 0 Å². The molecule has 28 heavy (non-hydrogen) atoms. The van der Waals surface area contributed by atoms with E-state index in [-0.39, 0.29) is 17.6 Å². The molecule has 0 rings (SSSR count). The second kappa shape index (κ2) is 14.3. The van der Waals surface area contributed by atoms with Gasteiger partial charge in [0.25, 0.3) is 0 Å². The highest BCUT2D eigenvalue weighted by molar-refractivity contribution is 5.84. The van der Waals surface area contributed by atoms with E-state index in [2.05, 4.69) is 5.32 Å². The fraction of sp³-hybridized carbons (Fsp3) is 0.700. The second-order valence-electron chi connectivity index (χ2n) is 7.75. The van der Waals surface area contributed by atoms with Crippen LogP contribution in [0.15, 0.2) is 0 Å². The molecule has 0 radical (unpaired) electrons. The third-order valence-corrected chi connectivity index (χ3v) is 4.29. The molecule has 0 aliphatic heterocycles. The number of rotatable bonds is 11. The van der Waals surface area contributed by atoms with Gasteiger partial charge < -0.3 is 4.79 Å². The lowest BCUT2D eigenvalue weighted by atomic mass is 9.85. The third-order valence-electron chi connectivity index (χ3n) is 4.29. The molecule has 8 heteroatoms. The topological polar surface area (TPSA) is 140 Å². The van der Waals surface area contributed by atoms with Crippen molar-refractivity contribution in [2.75, 3.05) is 0 Å². The van der Waals surface area contributed by atoms with Gasteiger partial charge in [-0.05, 0) is 19.3 Å². The normalized spacial score (nSPS) is 10.4. The SMILES string of the molecule is CC(C)(CCC=O)C(=O)NC#N.CCCCC(=O)CCC(C)(C)C(=O)NC#N. The standard InChI is InChI=1S/C12H20N2O2.C8H12N2O2/c1-4-5-6-10(15)7-8-12(2,3)11(16)14-9-13;1-8(2,4-3-5-11)7(12)10-6-9/h4-8H2,1-3H3,(H,14,16);5H,3-4H2,1-2H3,(H,10,12). The van der Waals surface area contributed by atoms with Crippen LogP contribution in [0, 0.1) is 33.7 Å². The van der Waals surface area contributed by atoms with Crippen molar-refractivity contribution in [1.29, 1.82) is 10.5 Å². The zero-order valence-electron chi connectivity index (χ0n) is 17.6. The van der Waals surface area contributed by atoms with Gasteiger partial charge in [0.05, 0.1) is 0 Å². The van der Waals surface area contributed by atoms with Crippen molar-refractivity contribution in [3.63, 3.8) is 0 Å². The van der Waals surface area contributed by atoms with Gasteiger partial charge in [0.2, 0.25) is 11.8 Å². The first-order chi connectivity index (χ1) is 13.0. The molecule has 0 saturated carbocycles. The molecule has 0 fully saturated rings. The van der Waals surface area contributed by atoms with Gasteiger partial charge in [-0.1, -0.05) is 41.0 Å². The first-order valence-electron chi connectivity index (χ1n) is 9.32. The first kappa shape index (κ1) is 27.5. The van der Waals surface area contributed by atoms with E-state index in [0.29, 0.717) is 32.1 Å². The highest BCUT2D eigenvalue weighted by Crippen LogP contribution is 2.23. The number of unbranched alkanes of at least 4 members (excludes halogenated alkanes) is 1. The van der Waals surface area contributed by atoms with E-state index in [1.165, 1.54) is 0 Å². The minimum atomic E-state index is -0.655. The van der Waals surface area contributed by atoms with Crippen LogP contribution in [0.1, 0.15) is 79.6 Å². The molecule has 2 N–H and O–H groups in total. The van der Waals surface area contributed by atoms with Crippen molar-refractivity contribution in [3.05, 3.63) is 0 Å². The minimum absolute atomic E-state index is 0.194. The number of carbonyl (C=O) groups excluding carboxylic acids is 4. The molecule has 156 valence electrons. The van der Waals surface area contributed by atoms with E-state index < -0.39 is 10.8 Å². The van der Waals surface area contributed by atoms with Crippen LogP contribution in [-0.4, -0.2) is 23.9 Å². The number of nitriles is 2. The summed E-state index contributed by atoms with van der Waals surface area (Å²) in [6, 6.07) is 0. The van der Waals surface area contributed by atoms with E-state index >= 15 is 0 Å². The quantitative estimate of drug-likeness (QED) is 0.315. The summed E-state index contributed by atoms with van der Waals surface area (Å²) < 4.78 is 0. The fourth-order valence-corrected chi connectivity index (χ4v) is 2.04. The lowest BCUT2D eigenvalue weighted by molar-refractivity contribution is -0.130. The average Bonchev–Trinajstić information content (AvgIpc) is 2.64. The molecule has 0 unspecified atom stereocenters. The number of nitrogens with zero attached hydrogens (tertiary/aromatic N) is 2. The molecule has 0 saturated heterocycles. The van der Waals surface area contributed by atoms with Crippen LogP contribution in [0.25, 0.3) is 0 Å². The lowest BCUT2D eigenvalue weighted by Gasteiger charge is -2.20. The first-order valence-corrected chi connectivity index (χ1v) is 9.32. The van der Waals surface area contributed by atoms with Crippen LogP contribution < -0.4 is 10.6 Å². The van der Waals surface area contributed by atoms with Gasteiger partial charge in [0.15, 0.2) is 12.4 Å². The Balaban J connectivity index is 0. The van der Waals surface area contributed by atoms with Crippen LogP contribution in [0.2, 0.25) is 0 Å². The molecule has 0 aromatic heterocycles. The Hall–Kier alpha value is -2.74. The maximum Gasteiger partial charge on any atom is 0.238 e. The number of Topliss-reactive ketones (excluding diaryl/α,β-unsaturated/α-hetero) is 1. The molecular weight excluding hydrogens is 360 g/mol. The molecule has 8 nitrogen and oxygen atoms in total. The molecular formula is C20H32N4O4. The predicted octanol–water partition coefficient (Wildman–Crippen LogP) is 2.74. The van der Waals surface area contributed by atoms with Crippen LogP contribution >= 0.6 is 0 Å². The van der Waals surface area contributed by atoms with Crippen molar-refractivity contribution >= 4 is 23.9 Å². The maximum atomic E-state index is 11.4. The zero-order valence-corrected chi connectivity index (χ0v) is 17.6. The van der Waals surface area contributed by atoms with Gasteiger partial charge in [-0.15, -0.1) is 0 Å². The van der Waals surface area contributed by atoms with Crippen molar-refractivity contribution in [1.82, 2.24) is 10.6 Å². The zero-order chi connectivity index (χ0) is 22.2. The molecule has 0 aromatic rings. The van der Waals surface area contributed by atoms with E-state index in [1.807, 2.05) is 12.2 Å². The molecule has 0 bridgehead atoms. The number of amides is 2. The van der Waals surface area contributed by atoms with Gasteiger partial charge >= 0.3 is 0 Å². The summed E-state index contributed by atoms with van der Waals surface area (Å²) in [6.07, 6.45) is 8.14. The Morgan fingerprint density at radius 3 is 1.75 bits per heavy atom. The Bertz CT molecular complexity index is 613. The van der Waals surface area contributed by atoms with Crippen LogP contribution in [0.5, 0.6) is 0 Å². The molecule has 0 aliphatic carbocycles. The van der Waals surface area contributed by atoms with E-state index in [0.717, 1.165) is 19.1 Å².